The summed E-state index contributed by atoms with van der Waals surface area (Å²) in [5, 5.41) is 0. The molecule has 0 amide bonds. The van der Waals surface area contributed by atoms with Gasteiger partial charge in [-0.1, -0.05) is 6.07 Å². The van der Waals surface area contributed by atoms with Crippen molar-refractivity contribution in [1.29, 1.82) is 0 Å². The first-order valence-corrected chi connectivity index (χ1v) is 4.96. The third kappa shape index (κ3) is 5.83. The second-order valence-corrected chi connectivity index (χ2v) is 3.90. The van der Waals surface area contributed by atoms with Gasteiger partial charge >= 0.3 is 0 Å². The molecule has 0 atom stereocenters. The van der Waals surface area contributed by atoms with Crippen LogP contribution in [0.5, 0.6) is 0 Å². The van der Waals surface area contributed by atoms with Gasteiger partial charge in [-0.25, -0.2) is 9.38 Å². The molecule has 1 aromatic rings. The molecule has 1 aromatic carbocycles. The number of benzene rings is 1. The molecular weight excluding hydrogens is 334 g/mol. The molecule has 0 saturated heterocycles. The minimum absolute atomic E-state index is 0. The average molecular weight is 352 g/mol. The van der Waals surface area contributed by atoms with Crippen LogP contribution < -0.4 is 11.5 Å². The maximum Gasteiger partial charge on any atom is 0.186 e. The first kappa shape index (κ1) is 16.1. The predicted molar refractivity (Wildman–Crippen MR) is 78.7 cm³/mol. The van der Waals surface area contributed by atoms with Gasteiger partial charge in [-0.3, -0.25) is 0 Å². The normalized spacial score (nSPS) is 9.88. The van der Waals surface area contributed by atoms with Crippen molar-refractivity contribution >= 4 is 29.9 Å². The second kappa shape index (κ2) is 7.44. The van der Waals surface area contributed by atoms with Crippen molar-refractivity contribution in [1.82, 2.24) is 4.90 Å². The van der Waals surface area contributed by atoms with Crippen LogP contribution in [0.3, 0.4) is 0 Å². The van der Waals surface area contributed by atoms with Gasteiger partial charge in [0, 0.05) is 12.1 Å². The predicted octanol–water partition coefficient (Wildman–Crippen LogP) is 1.28. The Kier molecular flexibility index (Phi) is 7.05. The van der Waals surface area contributed by atoms with Gasteiger partial charge in [-0.05, 0) is 31.8 Å². The summed E-state index contributed by atoms with van der Waals surface area (Å²) in [6.45, 7) is 0.935. The van der Waals surface area contributed by atoms with Crippen LogP contribution in [-0.4, -0.2) is 25.0 Å². The number of nitrogens with zero attached hydrogens (tertiary/aromatic N) is 2. The minimum Gasteiger partial charge on any atom is -0.370 e. The highest BCUT2D eigenvalue weighted by atomic mass is 127. The Labute approximate surface area is 118 Å². The molecule has 17 heavy (non-hydrogen) atoms. The van der Waals surface area contributed by atoms with Gasteiger partial charge in [0.05, 0.1) is 6.54 Å². The molecule has 6 heteroatoms. The topological polar surface area (TPSA) is 67.6 Å². The Hall–Kier alpha value is -0.890. The fourth-order valence-electron chi connectivity index (χ4n) is 1.37. The van der Waals surface area contributed by atoms with Crippen LogP contribution in [0.4, 0.5) is 4.39 Å². The molecule has 96 valence electrons. The summed E-state index contributed by atoms with van der Waals surface area (Å²) in [6, 6.07) is 4.90. The molecule has 4 nitrogen and oxygen atoms in total. The van der Waals surface area contributed by atoms with E-state index in [1.54, 1.807) is 12.1 Å². The van der Waals surface area contributed by atoms with Crippen molar-refractivity contribution in [3.05, 3.63) is 35.1 Å². The van der Waals surface area contributed by atoms with Gasteiger partial charge in [-0.15, -0.1) is 24.0 Å². The maximum atomic E-state index is 13.4. The number of hydrogen-bond donors (Lipinski definition) is 2. The van der Waals surface area contributed by atoms with Gasteiger partial charge in [0.25, 0.3) is 0 Å². The highest BCUT2D eigenvalue weighted by molar-refractivity contribution is 14.0. The van der Waals surface area contributed by atoms with E-state index in [1.807, 2.05) is 19.0 Å². The molecule has 0 heterocycles. The first-order valence-electron chi connectivity index (χ1n) is 4.96. The largest absolute Gasteiger partial charge is 0.370 e. The summed E-state index contributed by atoms with van der Waals surface area (Å²) in [7, 11) is 3.78. The highest BCUT2D eigenvalue weighted by Crippen LogP contribution is 2.12. The maximum absolute atomic E-state index is 13.4. The Morgan fingerprint density at radius 2 is 2.00 bits per heavy atom. The Balaban J connectivity index is 0.00000256. The number of halogens is 2. The first-order chi connectivity index (χ1) is 7.49. The van der Waals surface area contributed by atoms with Gasteiger partial charge in [0.1, 0.15) is 5.82 Å². The van der Waals surface area contributed by atoms with Crippen LogP contribution in [0, 0.1) is 5.82 Å². The zero-order valence-electron chi connectivity index (χ0n) is 9.98. The van der Waals surface area contributed by atoms with Gasteiger partial charge in [0.2, 0.25) is 0 Å². The van der Waals surface area contributed by atoms with E-state index < -0.39 is 0 Å². The van der Waals surface area contributed by atoms with Crippen molar-refractivity contribution in [2.75, 3.05) is 14.1 Å². The fraction of sp³-hybridized carbons (Fsp3) is 0.364. The zero-order valence-corrected chi connectivity index (χ0v) is 12.3. The summed E-state index contributed by atoms with van der Waals surface area (Å²) < 4.78 is 13.4. The Morgan fingerprint density at radius 1 is 1.35 bits per heavy atom. The SMILES string of the molecule is CN(C)Cc1cc(CN=C(N)N)ccc1F.I. The lowest BCUT2D eigenvalue weighted by molar-refractivity contribution is 0.392. The van der Waals surface area contributed by atoms with Gasteiger partial charge in [-0.2, -0.15) is 0 Å². The summed E-state index contributed by atoms with van der Waals surface area (Å²) >= 11 is 0. The Bertz CT molecular complexity index is 389. The molecule has 4 N–H and O–H groups in total. The van der Waals surface area contributed by atoms with Crippen LogP contribution in [0.2, 0.25) is 0 Å². The molecule has 0 aliphatic carbocycles. The van der Waals surface area contributed by atoms with E-state index in [0.717, 1.165) is 5.56 Å². The molecule has 0 spiro atoms. The van der Waals surface area contributed by atoms with Crippen molar-refractivity contribution in [3.8, 4) is 0 Å². The molecule has 0 unspecified atom stereocenters. The molecule has 0 radical (unpaired) electrons. The minimum atomic E-state index is -0.206. The number of hydrogen-bond acceptors (Lipinski definition) is 2. The molecule has 0 saturated carbocycles. The second-order valence-electron chi connectivity index (χ2n) is 3.90. The van der Waals surface area contributed by atoms with E-state index in [1.165, 1.54) is 6.07 Å². The molecule has 1 rings (SSSR count). The van der Waals surface area contributed by atoms with E-state index in [9.17, 15) is 4.39 Å². The van der Waals surface area contributed by atoms with Crippen LogP contribution >= 0.6 is 24.0 Å². The van der Waals surface area contributed by atoms with E-state index in [4.69, 9.17) is 11.5 Å². The summed E-state index contributed by atoms with van der Waals surface area (Å²) in [5.41, 5.74) is 12.0. The van der Waals surface area contributed by atoms with Crippen LogP contribution in [-0.2, 0) is 13.1 Å². The van der Waals surface area contributed by atoms with Crippen LogP contribution in [0.15, 0.2) is 23.2 Å². The smallest absolute Gasteiger partial charge is 0.186 e. The number of guanidine groups is 1. The Morgan fingerprint density at radius 3 is 2.53 bits per heavy atom. The van der Waals surface area contributed by atoms with Crippen molar-refractivity contribution in [3.63, 3.8) is 0 Å². The molecule has 0 aromatic heterocycles. The third-order valence-corrected chi connectivity index (χ3v) is 2.04. The summed E-state index contributed by atoms with van der Waals surface area (Å²) in [6.07, 6.45) is 0. The summed E-state index contributed by atoms with van der Waals surface area (Å²) in [5.74, 6) is -0.166. The quantitative estimate of drug-likeness (QED) is 0.487. The zero-order chi connectivity index (χ0) is 12.1. The number of nitrogens with two attached hydrogens (primary N) is 2. The van der Waals surface area contributed by atoms with E-state index in [0.29, 0.717) is 18.7 Å². The molecular formula is C11H18FIN4. The molecule has 0 fully saturated rings. The summed E-state index contributed by atoms with van der Waals surface area (Å²) in [4.78, 5) is 5.79. The lowest BCUT2D eigenvalue weighted by atomic mass is 10.1. The van der Waals surface area contributed by atoms with E-state index in [-0.39, 0.29) is 35.8 Å². The monoisotopic (exact) mass is 352 g/mol. The van der Waals surface area contributed by atoms with Crippen LogP contribution in [0.25, 0.3) is 0 Å². The van der Waals surface area contributed by atoms with Crippen molar-refractivity contribution in [2.45, 2.75) is 13.1 Å². The van der Waals surface area contributed by atoms with Crippen molar-refractivity contribution < 1.29 is 4.39 Å². The third-order valence-electron chi connectivity index (χ3n) is 2.04. The number of aliphatic imine (C=N–C) groups is 1. The van der Waals surface area contributed by atoms with E-state index in [2.05, 4.69) is 4.99 Å². The standard InChI is InChI=1S/C11H17FN4.HI/c1-16(2)7-9-5-8(3-4-10(9)12)6-15-11(13)14;/h3-5H,6-7H2,1-2H3,(H4,13,14,15);1H. The molecule has 0 aliphatic rings. The van der Waals surface area contributed by atoms with Crippen molar-refractivity contribution in [2.24, 2.45) is 16.5 Å². The molecule has 0 aliphatic heterocycles. The number of rotatable bonds is 4. The lowest BCUT2D eigenvalue weighted by Crippen LogP contribution is -2.22. The van der Waals surface area contributed by atoms with Gasteiger partial charge in [0.15, 0.2) is 5.96 Å². The lowest BCUT2D eigenvalue weighted by Gasteiger charge is -2.11. The highest BCUT2D eigenvalue weighted by Gasteiger charge is 2.04. The average Bonchev–Trinajstić information content (AvgIpc) is 2.18. The fourth-order valence-corrected chi connectivity index (χ4v) is 1.37. The molecule has 0 bridgehead atoms. The van der Waals surface area contributed by atoms with E-state index >= 15 is 0 Å². The van der Waals surface area contributed by atoms with Gasteiger partial charge < -0.3 is 16.4 Å². The van der Waals surface area contributed by atoms with Crippen LogP contribution in [0.1, 0.15) is 11.1 Å².